The van der Waals surface area contributed by atoms with Crippen LogP contribution in [0.2, 0.25) is 0 Å². The molecule has 0 bridgehead atoms. The van der Waals surface area contributed by atoms with Crippen molar-refractivity contribution in [3.63, 3.8) is 0 Å². The first-order chi connectivity index (χ1) is 11.2. The maximum atomic E-state index is 14.0. The van der Waals surface area contributed by atoms with E-state index in [2.05, 4.69) is 0 Å². The summed E-state index contributed by atoms with van der Waals surface area (Å²) in [5.41, 5.74) is -8.01. The van der Waals surface area contributed by atoms with E-state index >= 15 is 0 Å². The van der Waals surface area contributed by atoms with E-state index in [-0.39, 0.29) is 16.7 Å². The van der Waals surface area contributed by atoms with Gasteiger partial charge in [0.15, 0.2) is 5.69 Å². The molecular formula is C13H8F7N3O2. The van der Waals surface area contributed by atoms with E-state index in [1.54, 1.807) is 0 Å². The van der Waals surface area contributed by atoms with Gasteiger partial charge in [0.05, 0.1) is 11.3 Å². The van der Waals surface area contributed by atoms with Crippen LogP contribution in [0.5, 0.6) is 0 Å². The molecule has 0 aliphatic heterocycles. The van der Waals surface area contributed by atoms with E-state index in [4.69, 9.17) is 5.84 Å². The number of nitrogen functional groups attached to an aromatic ring is 1. The Morgan fingerprint density at radius 2 is 1.52 bits per heavy atom. The van der Waals surface area contributed by atoms with Crippen molar-refractivity contribution in [3.05, 3.63) is 61.7 Å². The summed E-state index contributed by atoms with van der Waals surface area (Å²) in [6.07, 6.45) is -10.0. The Kier molecular flexibility index (Phi) is 4.18. The van der Waals surface area contributed by atoms with Gasteiger partial charge in [0, 0.05) is 6.07 Å². The van der Waals surface area contributed by atoms with Crippen molar-refractivity contribution in [1.29, 1.82) is 0 Å². The Morgan fingerprint density at radius 1 is 0.960 bits per heavy atom. The molecule has 0 aliphatic carbocycles. The van der Waals surface area contributed by atoms with Crippen molar-refractivity contribution < 1.29 is 30.7 Å². The molecule has 136 valence electrons. The van der Waals surface area contributed by atoms with Crippen LogP contribution in [0.1, 0.15) is 16.8 Å². The number of alkyl halides is 6. The Balaban J connectivity index is 2.82. The van der Waals surface area contributed by atoms with Crippen LogP contribution in [0.4, 0.5) is 30.7 Å². The summed E-state index contributed by atoms with van der Waals surface area (Å²) < 4.78 is 89.7. The number of aromatic nitrogens is 2. The highest BCUT2D eigenvalue weighted by molar-refractivity contribution is 5.43. The van der Waals surface area contributed by atoms with Crippen LogP contribution < -0.4 is 17.1 Å². The van der Waals surface area contributed by atoms with Crippen molar-refractivity contribution in [1.82, 2.24) is 9.24 Å². The molecule has 0 atom stereocenters. The van der Waals surface area contributed by atoms with Crippen molar-refractivity contribution in [2.45, 2.75) is 19.3 Å². The molecule has 1 aromatic heterocycles. The van der Waals surface area contributed by atoms with Crippen molar-refractivity contribution >= 4 is 0 Å². The first-order valence-electron chi connectivity index (χ1n) is 6.34. The second kappa shape index (κ2) is 5.63. The molecule has 0 saturated carbocycles. The minimum absolute atomic E-state index is 0.0368. The van der Waals surface area contributed by atoms with Crippen LogP contribution >= 0.6 is 0 Å². The maximum absolute atomic E-state index is 14.0. The minimum atomic E-state index is -5.14. The lowest BCUT2D eigenvalue weighted by Crippen LogP contribution is -2.45. The Labute approximate surface area is 133 Å². The van der Waals surface area contributed by atoms with Gasteiger partial charge < -0.3 is 5.84 Å². The highest BCUT2D eigenvalue weighted by Gasteiger charge is 2.37. The van der Waals surface area contributed by atoms with Gasteiger partial charge >= 0.3 is 18.0 Å². The third kappa shape index (κ3) is 3.23. The quantitative estimate of drug-likeness (QED) is 0.617. The predicted octanol–water partition coefficient (Wildman–Crippen LogP) is 2.20. The van der Waals surface area contributed by atoms with Crippen LogP contribution in [0.25, 0.3) is 5.69 Å². The fraction of sp³-hybridized carbons (Fsp3) is 0.231. The van der Waals surface area contributed by atoms with Crippen molar-refractivity contribution in [3.8, 4) is 5.69 Å². The lowest BCUT2D eigenvalue weighted by atomic mass is 10.1. The summed E-state index contributed by atoms with van der Waals surface area (Å²) >= 11 is 0. The smallest absolute Gasteiger partial charge is 0.335 e. The summed E-state index contributed by atoms with van der Waals surface area (Å²) in [5.74, 6) is 3.36. The Hall–Kier alpha value is -2.79. The summed E-state index contributed by atoms with van der Waals surface area (Å²) in [6, 6.07) is 0.497. The van der Waals surface area contributed by atoms with Gasteiger partial charge in [-0.05, 0) is 24.6 Å². The highest BCUT2D eigenvalue weighted by Crippen LogP contribution is 2.33. The third-order valence-corrected chi connectivity index (χ3v) is 3.27. The third-order valence-electron chi connectivity index (χ3n) is 3.27. The van der Waals surface area contributed by atoms with Crippen LogP contribution in [-0.2, 0) is 12.4 Å². The van der Waals surface area contributed by atoms with Crippen LogP contribution in [0.3, 0.4) is 0 Å². The highest BCUT2D eigenvalue weighted by atomic mass is 19.4. The van der Waals surface area contributed by atoms with E-state index in [9.17, 15) is 40.3 Å². The molecule has 0 aliphatic rings. The molecule has 5 nitrogen and oxygen atoms in total. The summed E-state index contributed by atoms with van der Waals surface area (Å²) in [7, 11) is 0. The largest absolute Gasteiger partial charge is 0.433 e. The minimum Gasteiger partial charge on any atom is -0.335 e. The Bertz CT molecular complexity index is 954. The molecule has 0 saturated heterocycles. The fourth-order valence-electron chi connectivity index (χ4n) is 2.14. The standard InChI is InChI=1S/C13H8F7N3O2/c1-5-2-8(7(14)3-6(5)12(15,16)17)22-10(24)4-9(13(18,19)20)23(21)11(22)25/h2-4H,21H2,1H3. The second-order valence-corrected chi connectivity index (χ2v) is 4.97. The molecule has 0 fully saturated rings. The van der Waals surface area contributed by atoms with Gasteiger partial charge in [-0.1, -0.05) is 0 Å². The molecule has 0 spiro atoms. The lowest BCUT2D eigenvalue weighted by Gasteiger charge is -2.16. The van der Waals surface area contributed by atoms with Gasteiger partial charge in [-0.15, -0.1) is 0 Å². The van der Waals surface area contributed by atoms with Crippen LogP contribution in [-0.4, -0.2) is 9.24 Å². The van der Waals surface area contributed by atoms with E-state index in [0.29, 0.717) is 6.07 Å². The number of hydrogen-bond donors (Lipinski definition) is 1. The SMILES string of the molecule is Cc1cc(-n2c(=O)cc(C(F)(F)F)n(N)c2=O)c(F)cc1C(F)(F)F. The van der Waals surface area contributed by atoms with Gasteiger partial charge in [0.2, 0.25) is 0 Å². The number of benzene rings is 1. The summed E-state index contributed by atoms with van der Waals surface area (Å²) in [6.45, 7) is 0.932. The van der Waals surface area contributed by atoms with E-state index in [1.807, 2.05) is 0 Å². The van der Waals surface area contributed by atoms with Gasteiger partial charge in [-0.25, -0.2) is 18.4 Å². The van der Waals surface area contributed by atoms with Crippen molar-refractivity contribution in [2.24, 2.45) is 0 Å². The second-order valence-electron chi connectivity index (χ2n) is 4.97. The zero-order valence-electron chi connectivity index (χ0n) is 12.2. The van der Waals surface area contributed by atoms with Crippen LogP contribution in [0.15, 0.2) is 27.8 Å². The van der Waals surface area contributed by atoms with E-state index in [0.717, 1.165) is 6.92 Å². The summed E-state index contributed by atoms with van der Waals surface area (Å²) in [5, 5.41) is 0. The zero-order valence-corrected chi connectivity index (χ0v) is 12.2. The number of hydrogen-bond acceptors (Lipinski definition) is 3. The van der Waals surface area contributed by atoms with E-state index < -0.39 is 56.6 Å². The van der Waals surface area contributed by atoms with Gasteiger partial charge in [-0.3, -0.25) is 4.79 Å². The normalized spacial score (nSPS) is 12.5. The van der Waals surface area contributed by atoms with Crippen LogP contribution in [0, 0.1) is 12.7 Å². The zero-order chi connectivity index (χ0) is 19.3. The maximum Gasteiger partial charge on any atom is 0.433 e. The number of halogens is 7. The predicted molar refractivity (Wildman–Crippen MR) is 71.1 cm³/mol. The topological polar surface area (TPSA) is 70.0 Å². The lowest BCUT2D eigenvalue weighted by molar-refractivity contribution is -0.143. The molecule has 0 amide bonds. The van der Waals surface area contributed by atoms with Crippen molar-refractivity contribution in [2.75, 3.05) is 5.84 Å². The number of nitrogens with two attached hydrogens (primary N) is 1. The fourth-order valence-corrected chi connectivity index (χ4v) is 2.14. The number of aryl methyl sites for hydroxylation is 1. The number of nitrogens with zero attached hydrogens (tertiary/aromatic N) is 2. The first kappa shape index (κ1) is 18.5. The van der Waals surface area contributed by atoms with E-state index in [1.165, 1.54) is 0 Å². The summed E-state index contributed by atoms with van der Waals surface area (Å²) in [4.78, 5) is 23.7. The molecule has 1 aromatic carbocycles. The molecular weight excluding hydrogens is 363 g/mol. The van der Waals surface area contributed by atoms with Gasteiger partial charge in [0.25, 0.3) is 5.56 Å². The molecule has 2 N–H and O–H groups in total. The number of rotatable bonds is 1. The molecule has 0 radical (unpaired) electrons. The van der Waals surface area contributed by atoms with Gasteiger partial charge in [-0.2, -0.15) is 26.3 Å². The average molecular weight is 371 g/mol. The molecule has 0 unspecified atom stereocenters. The molecule has 1 heterocycles. The van der Waals surface area contributed by atoms with Gasteiger partial charge in [0.1, 0.15) is 5.82 Å². The average Bonchev–Trinajstić information content (AvgIpc) is 2.43. The molecule has 2 aromatic rings. The monoisotopic (exact) mass is 371 g/mol. The first-order valence-corrected chi connectivity index (χ1v) is 6.34. The molecule has 12 heteroatoms. The molecule has 25 heavy (non-hydrogen) atoms. The Morgan fingerprint density at radius 3 is 2.00 bits per heavy atom. The molecule has 2 rings (SSSR count).